The molecule has 5 nitrogen and oxygen atoms in total. The predicted octanol–water partition coefficient (Wildman–Crippen LogP) is 2.18. The number of hydrogen-bond acceptors (Lipinski definition) is 3. The number of rotatable bonds is 4. The van der Waals surface area contributed by atoms with E-state index in [1.165, 1.54) is 30.3 Å². The Hall–Kier alpha value is -2.63. The Morgan fingerprint density at radius 2 is 2.10 bits per heavy atom. The zero-order valence-corrected chi connectivity index (χ0v) is 11.5. The minimum absolute atomic E-state index is 0.0691. The number of hydrogen-bond donors (Lipinski definition) is 2. The SMILES string of the molecule is C=CCOC(=O)C1=C(C)NC(=O)NC1c1ccc(F)cc1. The zero-order chi connectivity index (χ0) is 15.4. The maximum Gasteiger partial charge on any atom is 0.338 e. The van der Waals surface area contributed by atoms with Crippen LogP contribution < -0.4 is 10.6 Å². The van der Waals surface area contributed by atoms with Gasteiger partial charge < -0.3 is 15.4 Å². The second-order valence-corrected chi connectivity index (χ2v) is 4.51. The van der Waals surface area contributed by atoms with Crippen LogP contribution in [0.1, 0.15) is 18.5 Å². The molecule has 0 saturated heterocycles. The molecule has 1 heterocycles. The smallest absolute Gasteiger partial charge is 0.338 e. The average Bonchev–Trinajstić information content (AvgIpc) is 2.44. The molecule has 110 valence electrons. The van der Waals surface area contributed by atoms with Gasteiger partial charge in [-0.15, -0.1) is 0 Å². The fourth-order valence-electron chi connectivity index (χ4n) is 2.08. The number of nitrogens with one attached hydrogen (secondary N) is 2. The summed E-state index contributed by atoms with van der Waals surface area (Å²) in [5.74, 6) is -0.954. The van der Waals surface area contributed by atoms with Crippen molar-refractivity contribution in [3.63, 3.8) is 0 Å². The Kier molecular flexibility index (Phi) is 4.37. The molecule has 1 aromatic carbocycles. The lowest BCUT2D eigenvalue weighted by Crippen LogP contribution is -2.45. The van der Waals surface area contributed by atoms with E-state index in [1.54, 1.807) is 6.92 Å². The summed E-state index contributed by atoms with van der Waals surface area (Å²) in [5.41, 5.74) is 1.28. The molecule has 0 fully saturated rings. The van der Waals surface area contributed by atoms with Gasteiger partial charge in [-0.2, -0.15) is 0 Å². The van der Waals surface area contributed by atoms with E-state index in [0.29, 0.717) is 11.3 Å². The molecule has 1 aliphatic heterocycles. The van der Waals surface area contributed by atoms with Crippen LogP contribution in [0.2, 0.25) is 0 Å². The summed E-state index contributed by atoms with van der Waals surface area (Å²) in [7, 11) is 0. The lowest BCUT2D eigenvalue weighted by molar-refractivity contribution is -0.138. The van der Waals surface area contributed by atoms with E-state index < -0.39 is 23.9 Å². The molecule has 6 heteroatoms. The van der Waals surface area contributed by atoms with Gasteiger partial charge in [0.25, 0.3) is 0 Å². The molecule has 2 amide bonds. The summed E-state index contributed by atoms with van der Waals surface area (Å²) in [5, 5.41) is 5.16. The van der Waals surface area contributed by atoms with E-state index in [1.807, 2.05) is 0 Å². The van der Waals surface area contributed by atoms with Gasteiger partial charge in [0.2, 0.25) is 0 Å². The van der Waals surface area contributed by atoms with Crippen LogP contribution in [0.4, 0.5) is 9.18 Å². The van der Waals surface area contributed by atoms with Gasteiger partial charge in [0.1, 0.15) is 12.4 Å². The number of benzene rings is 1. The Balaban J connectivity index is 2.37. The first-order valence-electron chi connectivity index (χ1n) is 6.34. The lowest BCUT2D eigenvalue weighted by Gasteiger charge is -2.28. The standard InChI is InChI=1S/C15H15FN2O3/c1-3-8-21-14(19)12-9(2)17-15(20)18-13(12)10-4-6-11(16)7-5-10/h3-7,13H,1,8H2,2H3,(H2,17,18,20). The predicted molar refractivity (Wildman–Crippen MR) is 74.7 cm³/mol. The summed E-state index contributed by atoms with van der Waals surface area (Å²) in [6.45, 7) is 5.16. The molecule has 1 aliphatic rings. The highest BCUT2D eigenvalue weighted by molar-refractivity contribution is 5.95. The van der Waals surface area contributed by atoms with Crippen molar-refractivity contribution >= 4 is 12.0 Å². The van der Waals surface area contributed by atoms with Crippen LogP contribution in [0, 0.1) is 5.82 Å². The van der Waals surface area contributed by atoms with Crippen LogP contribution in [0.3, 0.4) is 0 Å². The van der Waals surface area contributed by atoms with Crippen molar-refractivity contribution in [1.29, 1.82) is 0 Å². The minimum atomic E-state index is -0.684. The molecule has 2 rings (SSSR count). The molecule has 1 unspecified atom stereocenters. The van der Waals surface area contributed by atoms with Crippen molar-refractivity contribution in [2.45, 2.75) is 13.0 Å². The molecular formula is C15H15FN2O3. The summed E-state index contributed by atoms with van der Waals surface area (Å²) >= 11 is 0. The number of urea groups is 1. The molecule has 1 aromatic rings. The normalized spacial score (nSPS) is 17.8. The minimum Gasteiger partial charge on any atom is -0.458 e. The largest absolute Gasteiger partial charge is 0.458 e. The topological polar surface area (TPSA) is 67.4 Å². The van der Waals surface area contributed by atoms with Gasteiger partial charge >= 0.3 is 12.0 Å². The van der Waals surface area contributed by atoms with E-state index in [9.17, 15) is 14.0 Å². The van der Waals surface area contributed by atoms with Gasteiger partial charge in [-0.05, 0) is 24.6 Å². The summed E-state index contributed by atoms with van der Waals surface area (Å²) < 4.78 is 18.0. The van der Waals surface area contributed by atoms with E-state index in [2.05, 4.69) is 17.2 Å². The lowest BCUT2D eigenvalue weighted by atomic mass is 9.95. The van der Waals surface area contributed by atoms with Crippen LogP contribution in [0.15, 0.2) is 48.2 Å². The molecule has 0 saturated carbocycles. The Bertz CT molecular complexity index is 608. The van der Waals surface area contributed by atoms with Gasteiger partial charge in [-0.3, -0.25) is 0 Å². The van der Waals surface area contributed by atoms with Gasteiger partial charge in [0.15, 0.2) is 0 Å². The number of halogens is 1. The van der Waals surface area contributed by atoms with Gasteiger partial charge in [-0.25, -0.2) is 14.0 Å². The fraction of sp³-hybridized carbons (Fsp3) is 0.200. The van der Waals surface area contributed by atoms with Crippen LogP contribution in [0.25, 0.3) is 0 Å². The molecule has 0 bridgehead atoms. The van der Waals surface area contributed by atoms with Crippen molar-refractivity contribution < 1.29 is 18.7 Å². The van der Waals surface area contributed by atoms with Crippen LogP contribution >= 0.6 is 0 Å². The maximum atomic E-state index is 13.0. The van der Waals surface area contributed by atoms with Gasteiger partial charge in [0.05, 0.1) is 11.6 Å². The average molecular weight is 290 g/mol. The van der Waals surface area contributed by atoms with Crippen molar-refractivity contribution in [2.75, 3.05) is 6.61 Å². The molecule has 21 heavy (non-hydrogen) atoms. The van der Waals surface area contributed by atoms with E-state index in [0.717, 1.165) is 0 Å². The molecule has 0 spiro atoms. The van der Waals surface area contributed by atoms with Crippen molar-refractivity contribution in [2.24, 2.45) is 0 Å². The number of carbonyl (C=O) groups excluding carboxylic acids is 2. The number of esters is 1. The van der Waals surface area contributed by atoms with Crippen LogP contribution in [-0.2, 0) is 9.53 Å². The van der Waals surface area contributed by atoms with E-state index in [4.69, 9.17) is 4.74 Å². The summed E-state index contributed by atoms with van der Waals surface area (Å²) in [6.07, 6.45) is 1.45. The molecular weight excluding hydrogens is 275 g/mol. The highest BCUT2D eigenvalue weighted by Gasteiger charge is 2.31. The number of amides is 2. The Morgan fingerprint density at radius 1 is 1.43 bits per heavy atom. The third-order valence-electron chi connectivity index (χ3n) is 3.02. The molecule has 0 aromatic heterocycles. The van der Waals surface area contributed by atoms with E-state index in [-0.39, 0.29) is 12.2 Å². The molecule has 0 radical (unpaired) electrons. The number of ether oxygens (including phenoxy) is 1. The van der Waals surface area contributed by atoms with Gasteiger partial charge in [0, 0.05) is 5.70 Å². The first-order valence-corrected chi connectivity index (χ1v) is 6.34. The van der Waals surface area contributed by atoms with Crippen LogP contribution in [-0.4, -0.2) is 18.6 Å². The van der Waals surface area contributed by atoms with Crippen molar-refractivity contribution in [3.8, 4) is 0 Å². The molecule has 2 N–H and O–H groups in total. The first-order chi connectivity index (χ1) is 10.0. The highest BCUT2D eigenvalue weighted by atomic mass is 19.1. The fourth-order valence-corrected chi connectivity index (χ4v) is 2.08. The zero-order valence-electron chi connectivity index (χ0n) is 11.5. The van der Waals surface area contributed by atoms with Crippen molar-refractivity contribution in [3.05, 3.63) is 59.6 Å². The quantitative estimate of drug-likeness (QED) is 0.660. The Labute approximate surface area is 121 Å². The Morgan fingerprint density at radius 3 is 2.71 bits per heavy atom. The monoisotopic (exact) mass is 290 g/mol. The third-order valence-corrected chi connectivity index (χ3v) is 3.02. The highest BCUT2D eigenvalue weighted by Crippen LogP contribution is 2.27. The second-order valence-electron chi connectivity index (χ2n) is 4.51. The number of allylic oxidation sites excluding steroid dienone is 1. The molecule has 1 atom stereocenters. The first kappa shape index (κ1) is 14.8. The molecule has 0 aliphatic carbocycles. The van der Waals surface area contributed by atoms with E-state index >= 15 is 0 Å². The summed E-state index contributed by atoms with van der Waals surface area (Å²) in [6, 6.07) is 4.45. The third kappa shape index (κ3) is 3.28. The summed E-state index contributed by atoms with van der Waals surface area (Å²) in [4.78, 5) is 23.7. The van der Waals surface area contributed by atoms with Crippen LogP contribution in [0.5, 0.6) is 0 Å². The van der Waals surface area contributed by atoms with Crippen molar-refractivity contribution in [1.82, 2.24) is 10.6 Å². The second kappa shape index (κ2) is 6.21. The number of carbonyl (C=O) groups is 2. The maximum absolute atomic E-state index is 13.0. The van der Waals surface area contributed by atoms with Gasteiger partial charge in [-0.1, -0.05) is 24.8 Å².